The van der Waals surface area contributed by atoms with E-state index >= 15 is 0 Å². The van der Waals surface area contributed by atoms with Crippen molar-refractivity contribution in [2.75, 3.05) is 0 Å². The predicted octanol–water partition coefficient (Wildman–Crippen LogP) is 2.34. The Morgan fingerprint density at radius 1 is 1.14 bits per heavy atom. The van der Waals surface area contributed by atoms with Gasteiger partial charge in [0.25, 0.3) is 0 Å². The van der Waals surface area contributed by atoms with Crippen LogP contribution in [0, 0.1) is 0 Å². The molecule has 0 radical (unpaired) electrons. The van der Waals surface area contributed by atoms with Crippen LogP contribution >= 0.6 is 0 Å². The maximum absolute atomic E-state index is 5.63. The van der Waals surface area contributed by atoms with Crippen LogP contribution in [0.2, 0.25) is 0 Å². The molecule has 70 valence electrons. The van der Waals surface area contributed by atoms with Gasteiger partial charge >= 0.3 is 0 Å². The topological polar surface area (TPSA) is 38.4 Å². The van der Waals surface area contributed by atoms with E-state index in [1.807, 2.05) is 24.3 Å². The first-order valence-corrected chi connectivity index (χ1v) is 4.60. The first-order chi connectivity index (χ1) is 6.86. The standard InChI is InChI=1S/C12H12N2/c13-12-7-6-11(8-9-14-12)10-4-2-1-3-5-10/h1-6,8-9H,7H2,(H2,13,14). The third-order valence-corrected chi connectivity index (χ3v) is 2.13. The molecular formula is C12H12N2. The van der Waals surface area contributed by atoms with Crippen molar-refractivity contribution < 1.29 is 0 Å². The summed E-state index contributed by atoms with van der Waals surface area (Å²) in [5, 5.41) is 0. The van der Waals surface area contributed by atoms with Crippen LogP contribution in [0.3, 0.4) is 0 Å². The summed E-state index contributed by atoms with van der Waals surface area (Å²) in [4.78, 5) is 4.06. The fraction of sp³-hybridized carbons (Fsp3) is 0.0833. The summed E-state index contributed by atoms with van der Waals surface area (Å²) in [5.41, 5.74) is 8.01. The molecule has 1 aliphatic heterocycles. The Morgan fingerprint density at radius 2 is 1.93 bits per heavy atom. The van der Waals surface area contributed by atoms with Crippen molar-refractivity contribution in [1.29, 1.82) is 0 Å². The van der Waals surface area contributed by atoms with Gasteiger partial charge in [-0.15, -0.1) is 0 Å². The minimum absolute atomic E-state index is 0.659. The second kappa shape index (κ2) is 3.92. The summed E-state index contributed by atoms with van der Waals surface area (Å²) in [6, 6.07) is 10.2. The number of hydrogen-bond acceptors (Lipinski definition) is 2. The molecule has 0 atom stereocenters. The summed E-state index contributed by atoms with van der Waals surface area (Å²) in [5.74, 6) is 0.659. The highest BCUT2D eigenvalue weighted by Crippen LogP contribution is 2.17. The molecule has 1 aromatic rings. The lowest BCUT2D eigenvalue weighted by Crippen LogP contribution is -2.08. The number of nitrogens with zero attached hydrogens (tertiary/aromatic N) is 1. The van der Waals surface area contributed by atoms with Gasteiger partial charge < -0.3 is 5.73 Å². The molecule has 0 aliphatic carbocycles. The van der Waals surface area contributed by atoms with Gasteiger partial charge in [0.1, 0.15) is 5.84 Å². The van der Waals surface area contributed by atoms with Gasteiger partial charge in [-0.3, -0.25) is 0 Å². The van der Waals surface area contributed by atoms with E-state index in [1.165, 1.54) is 11.1 Å². The van der Waals surface area contributed by atoms with Gasteiger partial charge in [-0.25, -0.2) is 4.99 Å². The molecule has 0 bridgehead atoms. The van der Waals surface area contributed by atoms with E-state index in [2.05, 4.69) is 23.2 Å². The first kappa shape index (κ1) is 8.75. The van der Waals surface area contributed by atoms with E-state index in [0.717, 1.165) is 6.42 Å². The Morgan fingerprint density at radius 3 is 2.71 bits per heavy atom. The molecule has 0 spiro atoms. The van der Waals surface area contributed by atoms with Crippen molar-refractivity contribution in [3.63, 3.8) is 0 Å². The highest BCUT2D eigenvalue weighted by molar-refractivity contribution is 5.87. The molecule has 2 nitrogen and oxygen atoms in total. The van der Waals surface area contributed by atoms with Gasteiger partial charge in [-0.05, 0) is 17.2 Å². The lowest BCUT2D eigenvalue weighted by Gasteiger charge is -2.00. The zero-order chi connectivity index (χ0) is 9.80. The van der Waals surface area contributed by atoms with Crippen LogP contribution < -0.4 is 5.73 Å². The number of hydrogen-bond donors (Lipinski definition) is 1. The smallest absolute Gasteiger partial charge is 0.103 e. The van der Waals surface area contributed by atoms with Crippen LogP contribution in [-0.2, 0) is 0 Å². The minimum Gasteiger partial charge on any atom is -0.387 e. The molecule has 0 saturated carbocycles. The zero-order valence-corrected chi connectivity index (χ0v) is 7.85. The van der Waals surface area contributed by atoms with Crippen molar-refractivity contribution in [1.82, 2.24) is 0 Å². The Kier molecular flexibility index (Phi) is 2.45. The normalized spacial score (nSPS) is 15.7. The molecular weight excluding hydrogens is 172 g/mol. The van der Waals surface area contributed by atoms with Crippen LogP contribution in [0.1, 0.15) is 12.0 Å². The van der Waals surface area contributed by atoms with E-state index in [1.54, 1.807) is 6.20 Å². The molecule has 2 heteroatoms. The molecule has 1 aliphatic rings. The lowest BCUT2D eigenvalue weighted by molar-refractivity contribution is 1.37. The van der Waals surface area contributed by atoms with E-state index in [-0.39, 0.29) is 0 Å². The number of benzene rings is 1. The van der Waals surface area contributed by atoms with Crippen LogP contribution in [0.25, 0.3) is 5.57 Å². The molecule has 0 unspecified atom stereocenters. The fourth-order valence-electron chi connectivity index (χ4n) is 1.39. The van der Waals surface area contributed by atoms with Crippen molar-refractivity contribution in [3.8, 4) is 0 Å². The molecule has 2 N–H and O–H groups in total. The number of rotatable bonds is 1. The Hall–Kier alpha value is -1.83. The largest absolute Gasteiger partial charge is 0.387 e. The average molecular weight is 184 g/mol. The molecule has 1 heterocycles. The van der Waals surface area contributed by atoms with Crippen LogP contribution in [0.15, 0.2) is 53.7 Å². The third kappa shape index (κ3) is 1.91. The minimum atomic E-state index is 0.659. The summed E-state index contributed by atoms with van der Waals surface area (Å²) < 4.78 is 0. The maximum Gasteiger partial charge on any atom is 0.103 e. The fourth-order valence-corrected chi connectivity index (χ4v) is 1.39. The van der Waals surface area contributed by atoms with Crippen LogP contribution in [-0.4, -0.2) is 5.84 Å². The molecule has 0 amide bonds. The highest BCUT2D eigenvalue weighted by atomic mass is 14.8. The van der Waals surface area contributed by atoms with E-state index < -0.39 is 0 Å². The first-order valence-electron chi connectivity index (χ1n) is 4.60. The monoisotopic (exact) mass is 184 g/mol. The summed E-state index contributed by atoms with van der Waals surface area (Å²) in [7, 11) is 0. The SMILES string of the molecule is NC1=NC=CC(c2ccccc2)=CC1. The second-order valence-corrected chi connectivity index (χ2v) is 3.17. The molecule has 0 saturated heterocycles. The van der Waals surface area contributed by atoms with Crippen molar-refractivity contribution in [2.45, 2.75) is 6.42 Å². The zero-order valence-electron chi connectivity index (χ0n) is 7.85. The summed E-state index contributed by atoms with van der Waals surface area (Å²) >= 11 is 0. The van der Waals surface area contributed by atoms with Gasteiger partial charge in [0.2, 0.25) is 0 Å². The van der Waals surface area contributed by atoms with E-state index in [0.29, 0.717) is 5.84 Å². The quantitative estimate of drug-likeness (QED) is 0.714. The van der Waals surface area contributed by atoms with E-state index in [9.17, 15) is 0 Å². The molecule has 0 fully saturated rings. The van der Waals surface area contributed by atoms with Gasteiger partial charge in [-0.2, -0.15) is 0 Å². The van der Waals surface area contributed by atoms with Gasteiger partial charge in [-0.1, -0.05) is 36.4 Å². The van der Waals surface area contributed by atoms with Gasteiger partial charge in [0.15, 0.2) is 0 Å². The predicted molar refractivity (Wildman–Crippen MR) is 59.8 cm³/mol. The molecule has 1 aromatic carbocycles. The highest BCUT2D eigenvalue weighted by Gasteiger charge is 1.99. The van der Waals surface area contributed by atoms with Crippen LogP contribution in [0.4, 0.5) is 0 Å². The number of amidine groups is 1. The maximum atomic E-state index is 5.63. The van der Waals surface area contributed by atoms with Crippen molar-refractivity contribution in [2.24, 2.45) is 10.7 Å². The lowest BCUT2D eigenvalue weighted by atomic mass is 10.1. The average Bonchev–Trinajstić information content (AvgIpc) is 2.44. The second-order valence-electron chi connectivity index (χ2n) is 3.17. The molecule has 14 heavy (non-hydrogen) atoms. The van der Waals surface area contributed by atoms with Crippen molar-refractivity contribution in [3.05, 3.63) is 54.2 Å². The molecule has 2 rings (SSSR count). The van der Waals surface area contributed by atoms with Gasteiger partial charge in [0.05, 0.1) is 0 Å². The van der Waals surface area contributed by atoms with Gasteiger partial charge in [0, 0.05) is 12.6 Å². The summed E-state index contributed by atoms with van der Waals surface area (Å²) in [6.45, 7) is 0. The number of aliphatic imine (C=N–C) groups is 1. The van der Waals surface area contributed by atoms with Crippen molar-refractivity contribution >= 4 is 11.4 Å². The van der Waals surface area contributed by atoms with E-state index in [4.69, 9.17) is 5.73 Å². The molecule has 0 aromatic heterocycles. The third-order valence-electron chi connectivity index (χ3n) is 2.13. The number of nitrogens with two attached hydrogens (primary N) is 1. The Labute approximate surface area is 83.5 Å². The Balaban J connectivity index is 2.30. The van der Waals surface area contributed by atoms with Crippen LogP contribution in [0.5, 0.6) is 0 Å². The number of allylic oxidation sites excluding steroid dienone is 2. The summed E-state index contributed by atoms with van der Waals surface area (Å²) in [6.07, 6.45) is 6.55. The Bertz CT molecular complexity index is 400.